The molecule has 0 aromatic carbocycles. The van der Waals surface area contributed by atoms with Crippen LogP contribution >= 0.6 is 0 Å². The Morgan fingerprint density at radius 2 is 0.410 bits per heavy atom. The van der Waals surface area contributed by atoms with E-state index in [1.54, 1.807) is 42.7 Å². The van der Waals surface area contributed by atoms with Crippen molar-refractivity contribution in [3.63, 3.8) is 0 Å². The van der Waals surface area contributed by atoms with Gasteiger partial charge >= 0.3 is 35.4 Å². The molecule has 0 saturated carbocycles. The third-order valence-electron chi connectivity index (χ3n) is 5.61. The first-order valence-electron chi connectivity index (χ1n) is 13.5. The van der Waals surface area contributed by atoms with Crippen molar-refractivity contribution >= 4 is 35.4 Å². The van der Waals surface area contributed by atoms with E-state index < -0.39 is 0 Å². The summed E-state index contributed by atoms with van der Waals surface area (Å²) in [6.45, 7) is 0. The van der Waals surface area contributed by atoms with Gasteiger partial charge in [0, 0.05) is 0 Å². The van der Waals surface area contributed by atoms with E-state index in [4.69, 9.17) is 60.9 Å². The van der Waals surface area contributed by atoms with Gasteiger partial charge in [-0.15, -0.1) is 0 Å². The number of methoxy groups -OCH3 is 6. The Balaban J connectivity index is -0.000000500. The fourth-order valence-electron chi connectivity index (χ4n) is 2.94. The van der Waals surface area contributed by atoms with Crippen LogP contribution in [0.4, 0.5) is 0 Å². The lowest BCUT2D eigenvalue weighted by Gasteiger charge is -1.99. The Hall–Kier alpha value is -3.18. The Morgan fingerprint density at radius 1 is 0.282 bits per heavy atom. The molecule has 0 radical (unpaired) electrons. The van der Waals surface area contributed by atoms with Crippen LogP contribution in [0.3, 0.4) is 0 Å². The molecule has 39 heavy (non-hydrogen) atoms. The Morgan fingerprint density at radius 3 is 0.564 bits per heavy atom. The van der Waals surface area contributed by atoms with Gasteiger partial charge < -0.3 is 28.4 Å². The Kier molecular flexibility index (Phi) is 32.1. The standard InChI is InChI=1S/C10H20N2O2.C9H18N2O2.C8H16N2O2/c1-13-9(11)7-5-3-4-6-8-10(12)14-2;1-12-8(10)6-4-3-5-7-9(11)13-2;1-11-7(9)5-3-4-6-8(10)12-2/h11-12H,3-8H2,1-2H3;10-11H,3-7H2,1-2H3;9-10H,3-6H2,1-2H3/p+6. The zero-order valence-electron chi connectivity index (χ0n) is 25.5. The summed E-state index contributed by atoms with van der Waals surface area (Å²) in [5.41, 5.74) is 0. The van der Waals surface area contributed by atoms with Crippen molar-refractivity contribution in [1.82, 2.24) is 0 Å². The summed E-state index contributed by atoms with van der Waals surface area (Å²) in [6.07, 6.45) is 14.5. The monoisotopic (exact) mass is 564 g/mol. The van der Waals surface area contributed by atoms with Crippen LogP contribution in [0.25, 0.3) is 0 Å². The molecular weight excluding hydrogens is 504 g/mol. The van der Waals surface area contributed by atoms with Crippen molar-refractivity contribution in [2.75, 3.05) is 42.7 Å². The van der Waals surface area contributed by atoms with Gasteiger partial charge in [0.25, 0.3) is 0 Å². The van der Waals surface area contributed by atoms with E-state index in [-0.39, 0.29) is 0 Å². The largest absolute Gasteiger partial charge is 0.451 e. The van der Waals surface area contributed by atoms with Crippen LogP contribution in [0.1, 0.15) is 96.3 Å². The molecule has 0 bridgehead atoms. The van der Waals surface area contributed by atoms with Crippen molar-refractivity contribution in [1.29, 1.82) is 0 Å². The molecule has 0 aliphatic heterocycles. The number of hydrogen-bond acceptors (Lipinski definition) is 6. The molecule has 0 rings (SSSR count). The predicted molar refractivity (Wildman–Crippen MR) is 153 cm³/mol. The van der Waals surface area contributed by atoms with Crippen molar-refractivity contribution in [2.45, 2.75) is 96.3 Å². The van der Waals surface area contributed by atoms with Crippen LogP contribution in [0, 0.1) is 0 Å². The highest BCUT2D eigenvalue weighted by atomic mass is 16.5. The lowest BCUT2D eigenvalue weighted by atomic mass is 10.1. The molecule has 0 aromatic heterocycles. The number of rotatable bonds is 18. The third kappa shape index (κ3) is 34.8. The fourth-order valence-corrected chi connectivity index (χ4v) is 2.94. The summed E-state index contributed by atoms with van der Waals surface area (Å²) in [5, 5.41) is 32.9. The molecule has 0 fully saturated rings. The molecular formula is C27H60N6O6+6. The molecule has 0 heterocycles. The molecule has 12 N–H and O–H groups in total. The van der Waals surface area contributed by atoms with Gasteiger partial charge in [0.2, 0.25) is 0 Å². The molecule has 12 nitrogen and oxygen atoms in total. The minimum Gasteiger partial charge on any atom is -0.451 e. The highest BCUT2D eigenvalue weighted by Gasteiger charge is 2.05. The molecule has 0 aliphatic carbocycles. The normalized spacial score (nSPS) is 9.38. The summed E-state index contributed by atoms with van der Waals surface area (Å²) in [4.78, 5) is 0. The fraction of sp³-hybridized carbons (Fsp3) is 0.778. The summed E-state index contributed by atoms with van der Waals surface area (Å²) in [5.74, 6) is 3.59. The molecule has 0 aromatic rings. The maximum Gasteiger partial charge on any atom is 0.332 e. The van der Waals surface area contributed by atoms with Crippen LogP contribution in [0.15, 0.2) is 0 Å². The second-order valence-electron chi connectivity index (χ2n) is 8.70. The molecule has 0 spiro atoms. The van der Waals surface area contributed by atoms with Gasteiger partial charge in [-0.05, 0) is 38.5 Å². The van der Waals surface area contributed by atoms with Crippen LogP contribution in [-0.2, 0) is 28.4 Å². The van der Waals surface area contributed by atoms with Crippen LogP contribution < -0.4 is 32.5 Å². The van der Waals surface area contributed by atoms with E-state index in [0.29, 0.717) is 35.4 Å². The maximum atomic E-state index is 5.51. The van der Waals surface area contributed by atoms with Gasteiger partial charge in [0.05, 0.1) is 81.2 Å². The van der Waals surface area contributed by atoms with E-state index in [0.717, 1.165) is 96.3 Å². The van der Waals surface area contributed by atoms with Crippen LogP contribution in [0.2, 0.25) is 0 Å². The predicted octanol–water partition coefficient (Wildman–Crippen LogP) is -4.37. The minimum absolute atomic E-state index is 0.575. The van der Waals surface area contributed by atoms with E-state index >= 15 is 0 Å². The molecule has 228 valence electrons. The Bertz CT molecular complexity index is 632. The molecule has 12 heteroatoms. The van der Waals surface area contributed by atoms with Crippen molar-refractivity contribution < 1.29 is 60.9 Å². The first-order chi connectivity index (χ1) is 18.6. The van der Waals surface area contributed by atoms with Gasteiger partial charge in [-0.3, -0.25) is 0 Å². The second-order valence-corrected chi connectivity index (χ2v) is 8.70. The smallest absolute Gasteiger partial charge is 0.332 e. The minimum atomic E-state index is 0.575. The quantitative estimate of drug-likeness (QED) is 0.0550. The zero-order valence-corrected chi connectivity index (χ0v) is 25.5. The SMILES string of the molecule is COC(=[NH2+])CCCCC(=[NH2+])OC.COC(=[NH2+])CCCCCC(=[NH2+])OC.COC(=[NH2+])CCCCCCC(=[NH2+])OC. The van der Waals surface area contributed by atoms with Gasteiger partial charge in [-0.2, -0.15) is 0 Å². The Labute approximate surface area is 235 Å². The summed E-state index contributed by atoms with van der Waals surface area (Å²) >= 11 is 0. The van der Waals surface area contributed by atoms with Crippen LogP contribution in [-0.4, -0.2) is 78.0 Å². The number of unbranched alkanes of at least 4 members (excludes halogenated alkanes) is 6. The van der Waals surface area contributed by atoms with Gasteiger partial charge in [0.15, 0.2) is 0 Å². The average Bonchev–Trinajstić information content (AvgIpc) is 2.96. The maximum absolute atomic E-state index is 5.51. The molecule has 0 saturated heterocycles. The highest BCUT2D eigenvalue weighted by Crippen LogP contribution is 2.05. The molecule has 0 amide bonds. The van der Waals surface area contributed by atoms with Crippen molar-refractivity contribution in [3.05, 3.63) is 0 Å². The lowest BCUT2D eigenvalue weighted by molar-refractivity contribution is -0.142. The first kappa shape index (κ1) is 40.3. The number of nitrogens with two attached hydrogens (primary N) is 6. The van der Waals surface area contributed by atoms with Crippen LogP contribution in [0.5, 0.6) is 0 Å². The molecule has 0 aliphatic rings. The number of ether oxygens (including phenoxy) is 6. The highest BCUT2D eigenvalue weighted by molar-refractivity contribution is 5.71. The average molecular weight is 565 g/mol. The third-order valence-corrected chi connectivity index (χ3v) is 5.61. The summed E-state index contributed by atoms with van der Waals surface area (Å²) in [6, 6.07) is 0. The van der Waals surface area contributed by atoms with Crippen molar-refractivity contribution in [2.24, 2.45) is 0 Å². The van der Waals surface area contributed by atoms with Gasteiger partial charge in [-0.25, -0.2) is 32.5 Å². The molecule has 0 atom stereocenters. The lowest BCUT2D eigenvalue weighted by Crippen LogP contribution is -2.41. The summed E-state index contributed by atoms with van der Waals surface area (Å²) < 4.78 is 29.0. The second kappa shape index (κ2) is 31.0. The molecule has 0 unspecified atom stereocenters. The zero-order chi connectivity index (χ0) is 30.3. The van der Waals surface area contributed by atoms with E-state index in [1.165, 1.54) is 0 Å². The topological polar surface area (TPSA) is 209 Å². The van der Waals surface area contributed by atoms with Gasteiger partial charge in [0.1, 0.15) is 0 Å². The first-order valence-corrected chi connectivity index (χ1v) is 13.5. The van der Waals surface area contributed by atoms with Gasteiger partial charge in [-0.1, -0.05) is 19.3 Å². The van der Waals surface area contributed by atoms with E-state index in [9.17, 15) is 0 Å². The van der Waals surface area contributed by atoms with Crippen molar-refractivity contribution in [3.8, 4) is 0 Å². The van der Waals surface area contributed by atoms with E-state index in [1.807, 2.05) is 0 Å². The number of hydrogen-bond donors (Lipinski definition) is 6. The summed E-state index contributed by atoms with van der Waals surface area (Å²) in [7, 11) is 9.53. The van der Waals surface area contributed by atoms with E-state index in [2.05, 4.69) is 0 Å².